The zero-order chi connectivity index (χ0) is 21.0. The number of hydrogen-bond acceptors (Lipinski definition) is 2. The number of aliphatic hydroxyl groups is 1. The minimum absolute atomic E-state index is 0.374. The summed E-state index contributed by atoms with van der Waals surface area (Å²) in [5.74, 6) is 0. The summed E-state index contributed by atoms with van der Waals surface area (Å²) in [5, 5.41) is 8.72. The van der Waals surface area contributed by atoms with E-state index in [9.17, 15) is 0 Å². The van der Waals surface area contributed by atoms with Crippen molar-refractivity contribution in [1.29, 1.82) is 0 Å². The van der Waals surface area contributed by atoms with Crippen LogP contribution in [0.5, 0.6) is 0 Å². The van der Waals surface area contributed by atoms with Crippen molar-refractivity contribution >= 4 is 0 Å². The second-order valence-electron chi connectivity index (χ2n) is 8.24. The minimum atomic E-state index is -1.75. The molecule has 169 valence electrons. The van der Waals surface area contributed by atoms with E-state index in [4.69, 9.17) is 12.1 Å². The molecule has 0 rings (SSSR count). The van der Waals surface area contributed by atoms with Gasteiger partial charge in [-0.05, 0) is 6.42 Å². The first-order valence-electron chi connectivity index (χ1n) is 12.5. The number of hydrogen-bond donors (Lipinski definition) is 2. The van der Waals surface area contributed by atoms with Crippen LogP contribution in [0.15, 0.2) is 0 Å². The fraction of sp³-hybridized carbons (Fsp3) is 1.00. The van der Waals surface area contributed by atoms with Crippen LogP contribution in [-0.4, -0.2) is 15.4 Å². The van der Waals surface area contributed by atoms with E-state index in [-0.39, 0.29) is 0 Å². The fourth-order valence-electron chi connectivity index (χ4n) is 3.72. The molecule has 0 aliphatic rings. The van der Waals surface area contributed by atoms with Gasteiger partial charge in [0.2, 0.25) is 0 Å². The summed E-state index contributed by atoms with van der Waals surface area (Å²) in [4.78, 5) is 0. The van der Waals surface area contributed by atoms with Gasteiger partial charge in [0.25, 0.3) is 0 Å². The summed E-state index contributed by atoms with van der Waals surface area (Å²) in [6.07, 6.45) is 31.1. The van der Waals surface area contributed by atoms with Crippen molar-refractivity contribution in [1.82, 2.24) is 0 Å². The van der Waals surface area contributed by atoms with Gasteiger partial charge in [0.15, 0.2) is 0 Å². The van der Waals surface area contributed by atoms with Crippen LogP contribution in [0.25, 0.3) is 0 Å². The van der Waals surface area contributed by atoms with Crippen LogP contribution in [0.3, 0.4) is 0 Å². The Kier molecular flexibility index (Phi) is 35.1. The summed E-state index contributed by atoms with van der Waals surface area (Å²) in [6.45, 7) is 2.67. The molecular weight excluding hydrogens is 384 g/mol. The van der Waals surface area contributed by atoms with Crippen molar-refractivity contribution in [2.24, 2.45) is 0 Å². The molecule has 0 atom stereocenters. The van der Waals surface area contributed by atoms with E-state index < -0.39 is 19.5 Å². The van der Waals surface area contributed by atoms with Crippen molar-refractivity contribution in [2.45, 2.75) is 148 Å². The predicted octanol–water partition coefficient (Wildman–Crippen LogP) is 7.90. The number of aliphatic hydroxyl groups excluding tert-OH is 1. The first-order chi connectivity index (χ1) is 13.8. The third-order valence-corrected chi connectivity index (χ3v) is 5.51. The van der Waals surface area contributed by atoms with Gasteiger partial charge < -0.3 is 5.11 Å². The molecular formula is C24H51O3Ti. The Bertz CT molecular complexity index is 240. The Hall–Kier alpha value is 0.434. The van der Waals surface area contributed by atoms with Gasteiger partial charge in [0.1, 0.15) is 0 Å². The van der Waals surface area contributed by atoms with Gasteiger partial charge in [0, 0.05) is 6.61 Å². The van der Waals surface area contributed by atoms with Crippen molar-refractivity contribution in [3.05, 3.63) is 0 Å². The Balaban J connectivity index is 0. The molecule has 0 bridgehead atoms. The molecule has 0 aliphatic carbocycles. The van der Waals surface area contributed by atoms with E-state index in [2.05, 4.69) is 6.92 Å². The van der Waals surface area contributed by atoms with Gasteiger partial charge in [-0.1, -0.05) is 142 Å². The van der Waals surface area contributed by atoms with Crippen molar-refractivity contribution in [3.63, 3.8) is 0 Å². The number of rotatable bonds is 22. The van der Waals surface area contributed by atoms with E-state index in [1.165, 1.54) is 135 Å². The summed E-state index contributed by atoms with van der Waals surface area (Å²) in [7, 11) is 0. The third kappa shape index (κ3) is 34.0. The predicted molar refractivity (Wildman–Crippen MR) is 117 cm³/mol. The van der Waals surface area contributed by atoms with Crippen LogP contribution < -0.4 is 0 Å². The summed E-state index contributed by atoms with van der Waals surface area (Å²) in [5.41, 5.74) is 0. The molecule has 0 saturated carbocycles. The van der Waals surface area contributed by atoms with Crippen LogP contribution in [0.1, 0.15) is 148 Å². The Morgan fingerprint density at radius 3 is 0.821 bits per heavy atom. The van der Waals surface area contributed by atoms with Gasteiger partial charge in [-0.2, -0.15) is 0 Å². The van der Waals surface area contributed by atoms with Crippen LogP contribution in [0.4, 0.5) is 0 Å². The molecule has 28 heavy (non-hydrogen) atoms. The summed E-state index contributed by atoms with van der Waals surface area (Å²) >= 11 is -1.75. The molecule has 0 fully saturated rings. The first kappa shape index (κ1) is 30.6. The fourth-order valence-corrected chi connectivity index (χ4v) is 3.72. The number of unbranched alkanes of at least 4 members (excludes halogenated alkanes) is 21. The Labute approximate surface area is 186 Å². The van der Waals surface area contributed by atoms with Crippen LogP contribution in [-0.2, 0) is 22.8 Å². The molecule has 0 aromatic carbocycles. The first-order valence-corrected chi connectivity index (χ1v) is 13.8. The van der Waals surface area contributed by atoms with Gasteiger partial charge in [-0.15, -0.1) is 0 Å². The van der Waals surface area contributed by atoms with E-state index in [1.54, 1.807) is 0 Å². The molecule has 0 heterocycles. The zero-order valence-electron chi connectivity index (χ0n) is 19.1. The van der Waals surface area contributed by atoms with Crippen molar-refractivity contribution in [2.75, 3.05) is 6.61 Å². The van der Waals surface area contributed by atoms with Crippen LogP contribution in [0, 0.1) is 0 Å². The third-order valence-electron chi connectivity index (χ3n) is 5.51. The quantitative estimate of drug-likeness (QED) is 0.134. The average Bonchev–Trinajstić information content (AvgIpc) is 2.70. The SMILES string of the molecule is CCCCCCCCCCCCCCCCCCCCCCCCO.[O]=[Ti][OH]. The van der Waals surface area contributed by atoms with Gasteiger partial charge in [-0.25, -0.2) is 0 Å². The van der Waals surface area contributed by atoms with Gasteiger partial charge >= 0.3 is 26.5 Å². The molecule has 0 aliphatic heterocycles. The van der Waals surface area contributed by atoms with E-state index in [0.717, 1.165) is 6.42 Å². The zero-order valence-corrected chi connectivity index (χ0v) is 20.6. The Morgan fingerprint density at radius 2 is 0.643 bits per heavy atom. The molecule has 0 saturated heterocycles. The maximum atomic E-state index is 8.72. The second kappa shape index (κ2) is 32.1. The normalized spacial score (nSPS) is 10.4. The van der Waals surface area contributed by atoms with Gasteiger partial charge in [-0.3, -0.25) is 0 Å². The topological polar surface area (TPSA) is 57.5 Å². The molecule has 0 unspecified atom stereocenters. The molecule has 0 aromatic heterocycles. The maximum absolute atomic E-state index is 8.72. The second-order valence-corrected chi connectivity index (χ2v) is 8.52. The summed E-state index contributed by atoms with van der Waals surface area (Å²) < 4.78 is 15.8. The van der Waals surface area contributed by atoms with Crippen molar-refractivity contribution in [3.8, 4) is 0 Å². The van der Waals surface area contributed by atoms with Crippen LogP contribution in [0.2, 0.25) is 0 Å². The molecule has 0 spiro atoms. The standard InChI is InChI=1S/C24H50O.H2O.O.Ti/c1-2-3-4-5-6-7-8-9-10-11-12-13-14-15-16-17-18-19-20-21-22-23-24-25;;;/h25H,2-24H2,1H3;1H2;;/q;;;+1/p-1. The van der Waals surface area contributed by atoms with Crippen LogP contribution >= 0.6 is 0 Å². The molecule has 2 N–H and O–H groups in total. The molecule has 0 radical (unpaired) electrons. The van der Waals surface area contributed by atoms with E-state index >= 15 is 0 Å². The van der Waals surface area contributed by atoms with Gasteiger partial charge in [0.05, 0.1) is 0 Å². The van der Waals surface area contributed by atoms with Crippen molar-refractivity contribution < 1.29 is 31.6 Å². The monoisotopic (exact) mass is 435 g/mol. The average molecular weight is 436 g/mol. The van der Waals surface area contributed by atoms with E-state index in [0.29, 0.717) is 6.61 Å². The molecule has 0 aromatic rings. The summed E-state index contributed by atoms with van der Waals surface area (Å²) in [6, 6.07) is 0. The molecule has 4 heteroatoms. The molecule has 0 amide bonds. The molecule has 3 nitrogen and oxygen atoms in total. The Morgan fingerprint density at radius 1 is 0.464 bits per heavy atom. The van der Waals surface area contributed by atoms with E-state index in [1.807, 2.05) is 0 Å².